The van der Waals surface area contributed by atoms with Crippen LogP contribution in [-0.4, -0.2) is 64.7 Å². The van der Waals surface area contributed by atoms with Gasteiger partial charge in [0.05, 0.1) is 5.75 Å². The third-order valence-electron chi connectivity index (χ3n) is 3.98. The van der Waals surface area contributed by atoms with Gasteiger partial charge in [0.2, 0.25) is 11.8 Å². The zero-order valence-electron chi connectivity index (χ0n) is 16.6. The Labute approximate surface area is 170 Å². The first-order chi connectivity index (χ1) is 12.6. The smallest absolute Gasteiger partial charge is 0.230 e. The van der Waals surface area contributed by atoms with E-state index in [9.17, 15) is 9.59 Å². The second kappa shape index (κ2) is 9.10. The Balaban J connectivity index is 1.98. The standard InChI is InChI=1S/C18H28ClN5O2S/c1-12(2)20-15(25)11-27-17-21-13(19)10-14(22-17)23-6-8-24(9-7-23)16(26)18(3,4)5/h10,12H,6-9,11H2,1-5H3,(H,20,25). The maximum absolute atomic E-state index is 12.4. The molecule has 1 fully saturated rings. The molecule has 0 radical (unpaired) electrons. The van der Waals surface area contributed by atoms with Crippen molar-refractivity contribution in [3.05, 3.63) is 11.2 Å². The number of anilines is 1. The number of carbonyl (C=O) groups excluding carboxylic acids is 2. The van der Waals surface area contributed by atoms with Crippen molar-refractivity contribution >= 4 is 41.0 Å². The lowest BCUT2D eigenvalue weighted by Crippen LogP contribution is -2.51. The van der Waals surface area contributed by atoms with E-state index in [2.05, 4.69) is 20.2 Å². The monoisotopic (exact) mass is 413 g/mol. The SMILES string of the molecule is CC(C)NC(=O)CSc1nc(Cl)cc(N2CCN(C(=O)C(C)(C)C)CC2)n1. The fraction of sp³-hybridized carbons (Fsp3) is 0.667. The molecular formula is C18H28ClN5O2S. The molecule has 150 valence electrons. The third-order valence-corrected chi connectivity index (χ3v) is 5.02. The molecule has 0 aromatic carbocycles. The molecule has 1 aromatic heterocycles. The number of piperazine rings is 1. The lowest BCUT2D eigenvalue weighted by atomic mass is 9.94. The molecule has 27 heavy (non-hydrogen) atoms. The number of hydrogen-bond acceptors (Lipinski definition) is 6. The topological polar surface area (TPSA) is 78.4 Å². The van der Waals surface area contributed by atoms with Gasteiger partial charge in [0.25, 0.3) is 0 Å². The molecular weight excluding hydrogens is 386 g/mol. The van der Waals surface area contributed by atoms with Gasteiger partial charge < -0.3 is 15.1 Å². The van der Waals surface area contributed by atoms with Crippen LogP contribution < -0.4 is 10.2 Å². The van der Waals surface area contributed by atoms with Gasteiger partial charge in [-0.3, -0.25) is 9.59 Å². The number of nitrogens with one attached hydrogen (secondary N) is 1. The van der Waals surface area contributed by atoms with Crippen molar-refractivity contribution in [3.8, 4) is 0 Å². The fourth-order valence-electron chi connectivity index (χ4n) is 2.72. The Morgan fingerprint density at radius 2 is 1.85 bits per heavy atom. The van der Waals surface area contributed by atoms with E-state index in [4.69, 9.17) is 11.6 Å². The highest BCUT2D eigenvalue weighted by Crippen LogP contribution is 2.24. The van der Waals surface area contributed by atoms with Crippen LogP contribution in [0.5, 0.6) is 0 Å². The van der Waals surface area contributed by atoms with E-state index in [0.717, 1.165) is 5.82 Å². The van der Waals surface area contributed by atoms with Crippen molar-refractivity contribution in [2.45, 2.75) is 45.8 Å². The Morgan fingerprint density at radius 3 is 2.41 bits per heavy atom. The predicted molar refractivity (Wildman–Crippen MR) is 109 cm³/mol. The summed E-state index contributed by atoms with van der Waals surface area (Å²) in [5.74, 6) is 1.07. The number of hydrogen-bond donors (Lipinski definition) is 1. The molecule has 1 aliphatic heterocycles. The van der Waals surface area contributed by atoms with Crippen LogP contribution in [0.2, 0.25) is 5.15 Å². The van der Waals surface area contributed by atoms with Gasteiger partial charge in [-0.2, -0.15) is 0 Å². The number of rotatable bonds is 5. The summed E-state index contributed by atoms with van der Waals surface area (Å²) in [6.07, 6.45) is 0. The van der Waals surface area contributed by atoms with E-state index in [-0.39, 0.29) is 29.0 Å². The highest BCUT2D eigenvalue weighted by molar-refractivity contribution is 7.99. The molecule has 0 bridgehead atoms. The fourth-order valence-corrected chi connectivity index (χ4v) is 3.61. The lowest BCUT2D eigenvalue weighted by molar-refractivity contribution is -0.139. The Hall–Kier alpha value is -1.54. The summed E-state index contributed by atoms with van der Waals surface area (Å²) in [7, 11) is 0. The molecule has 9 heteroatoms. The Bertz CT molecular complexity index is 685. The Kier molecular flexibility index (Phi) is 7.33. The first-order valence-corrected chi connectivity index (χ1v) is 10.4. The summed E-state index contributed by atoms with van der Waals surface area (Å²) >= 11 is 7.41. The van der Waals surface area contributed by atoms with Gasteiger partial charge in [-0.25, -0.2) is 9.97 Å². The van der Waals surface area contributed by atoms with E-state index < -0.39 is 0 Å². The first kappa shape index (κ1) is 21.8. The highest BCUT2D eigenvalue weighted by atomic mass is 35.5. The molecule has 1 N–H and O–H groups in total. The van der Waals surface area contributed by atoms with Gasteiger partial charge in [-0.1, -0.05) is 44.1 Å². The van der Waals surface area contributed by atoms with E-state index in [1.807, 2.05) is 39.5 Å². The summed E-state index contributed by atoms with van der Waals surface area (Å²) in [6.45, 7) is 12.3. The number of aromatic nitrogens is 2. The van der Waals surface area contributed by atoms with Crippen molar-refractivity contribution in [3.63, 3.8) is 0 Å². The maximum atomic E-state index is 12.4. The second-order valence-corrected chi connectivity index (χ2v) is 9.20. The maximum Gasteiger partial charge on any atom is 0.230 e. The molecule has 0 unspecified atom stereocenters. The van der Waals surface area contributed by atoms with E-state index >= 15 is 0 Å². The van der Waals surface area contributed by atoms with E-state index in [1.54, 1.807) is 6.07 Å². The summed E-state index contributed by atoms with van der Waals surface area (Å²) < 4.78 is 0. The summed E-state index contributed by atoms with van der Waals surface area (Å²) in [5, 5.41) is 3.66. The van der Waals surface area contributed by atoms with Crippen molar-refractivity contribution < 1.29 is 9.59 Å². The molecule has 2 heterocycles. The minimum Gasteiger partial charge on any atom is -0.353 e. The van der Waals surface area contributed by atoms with Crippen LogP contribution in [-0.2, 0) is 9.59 Å². The van der Waals surface area contributed by atoms with Gasteiger partial charge in [-0.15, -0.1) is 0 Å². The molecule has 0 saturated carbocycles. The zero-order valence-corrected chi connectivity index (χ0v) is 18.2. The van der Waals surface area contributed by atoms with Crippen LogP contribution in [0.4, 0.5) is 5.82 Å². The zero-order chi connectivity index (χ0) is 20.2. The number of nitrogens with zero attached hydrogens (tertiary/aromatic N) is 4. The van der Waals surface area contributed by atoms with Crippen LogP contribution >= 0.6 is 23.4 Å². The van der Waals surface area contributed by atoms with Gasteiger partial charge in [-0.05, 0) is 13.8 Å². The van der Waals surface area contributed by atoms with E-state index in [1.165, 1.54) is 11.8 Å². The number of thioether (sulfide) groups is 1. The lowest BCUT2D eigenvalue weighted by Gasteiger charge is -2.38. The van der Waals surface area contributed by atoms with Gasteiger partial charge in [0.15, 0.2) is 5.16 Å². The quantitative estimate of drug-likeness (QED) is 0.453. The van der Waals surface area contributed by atoms with Crippen molar-refractivity contribution in [2.75, 3.05) is 36.8 Å². The van der Waals surface area contributed by atoms with Crippen LogP contribution in [0.3, 0.4) is 0 Å². The molecule has 1 aromatic rings. The van der Waals surface area contributed by atoms with Gasteiger partial charge >= 0.3 is 0 Å². The van der Waals surface area contributed by atoms with Crippen molar-refractivity contribution in [2.24, 2.45) is 5.41 Å². The average Bonchev–Trinajstić information content (AvgIpc) is 2.57. The minimum absolute atomic E-state index is 0.0607. The molecule has 7 nitrogen and oxygen atoms in total. The Morgan fingerprint density at radius 1 is 1.22 bits per heavy atom. The number of carbonyl (C=O) groups is 2. The normalized spacial score (nSPS) is 15.2. The highest BCUT2D eigenvalue weighted by Gasteiger charge is 2.30. The van der Waals surface area contributed by atoms with Crippen LogP contribution in [0.1, 0.15) is 34.6 Å². The molecule has 1 saturated heterocycles. The summed E-state index contributed by atoms with van der Waals surface area (Å²) in [4.78, 5) is 37.0. The summed E-state index contributed by atoms with van der Waals surface area (Å²) in [6, 6.07) is 1.82. The molecule has 0 aliphatic carbocycles. The first-order valence-electron chi connectivity index (χ1n) is 9.07. The minimum atomic E-state index is -0.374. The number of amides is 2. The van der Waals surface area contributed by atoms with Crippen LogP contribution in [0, 0.1) is 5.41 Å². The van der Waals surface area contributed by atoms with Gasteiger partial charge in [0, 0.05) is 43.7 Å². The summed E-state index contributed by atoms with van der Waals surface area (Å²) in [5.41, 5.74) is -0.374. The molecule has 2 amide bonds. The number of halogens is 1. The third kappa shape index (κ3) is 6.53. The average molecular weight is 414 g/mol. The largest absolute Gasteiger partial charge is 0.353 e. The molecule has 1 aliphatic rings. The van der Waals surface area contributed by atoms with Crippen LogP contribution in [0.25, 0.3) is 0 Å². The molecule has 0 atom stereocenters. The molecule has 0 spiro atoms. The van der Waals surface area contributed by atoms with E-state index in [0.29, 0.717) is 36.5 Å². The second-order valence-electron chi connectivity index (χ2n) is 7.87. The van der Waals surface area contributed by atoms with Gasteiger partial charge in [0.1, 0.15) is 11.0 Å². The predicted octanol–water partition coefficient (Wildman–Crippen LogP) is 2.44. The van der Waals surface area contributed by atoms with Crippen molar-refractivity contribution in [1.82, 2.24) is 20.2 Å². The van der Waals surface area contributed by atoms with Crippen LogP contribution in [0.15, 0.2) is 11.2 Å². The van der Waals surface area contributed by atoms with Crippen molar-refractivity contribution in [1.29, 1.82) is 0 Å². The molecule has 2 rings (SSSR count).